The molecule has 4 heteroatoms. The second kappa shape index (κ2) is 4.31. The first-order chi connectivity index (χ1) is 8.79. The Morgan fingerprint density at radius 1 is 1.28 bits per heavy atom. The second-order valence-corrected chi connectivity index (χ2v) is 4.19. The van der Waals surface area contributed by atoms with Gasteiger partial charge in [0.25, 0.3) is 0 Å². The predicted octanol–water partition coefficient (Wildman–Crippen LogP) is 1.90. The molecule has 0 unspecified atom stereocenters. The van der Waals surface area contributed by atoms with Crippen molar-refractivity contribution >= 4 is 5.78 Å². The van der Waals surface area contributed by atoms with Gasteiger partial charge in [0.1, 0.15) is 11.5 Å². The lowest BCUT2D eigenvalue weighted by Crippen LogP contribution is -2.02. The maximum atomic E-state index is 12.3. The van der Waals surface area contributed by atoms with E-state index in [1.807, 2.05) is 12.1 Å². The fourth-order valence-corrected chi connectivity index (χ4v) is 2.14. The van der Waals surface area contributed by atoms with E-state index in [2.05, 4.69) is 0 Å². The summed E-state index contributed by atoms with van der Waals surface area (Å²) in [5, 5.41) is 0. The van der Waals surface area contributed by atoms with Gasteiger partial charge in [-0.2, -0.15) is 0 Å². The van der Waals surface area contributed by atoms with Crippen molar-refractivity contribution in [3.05, 3.63) is 53.0 Å². The maximum absolute atomic E-state index is 12.3. The molecule has 3 rings (SSSR count). The topological polar surface area (TPSA) is 65.5 Å². The molecule has 0 saturated heterocycles. The Hall–Kier alpha value is -2.07. The summed E-state index contributed by atoms with van der Waals surface area (Å²) >= 11 is 0. The summed E-state index contributed by atoms with van der Waals surface area (Å²) in [5.41, 5.74) is 7.10. The lowest BCUT2D eigenvalue weighted by atomic mass is 10.0. The quantitative estimate of drug-likeness (QED) is 0.836. The average molecular weight is 243 g/mol. The molecule has 0 saturated carbocycles. The highest BCUT2D eigenvalue weighted by Crippen LogP contribution is 2.31. The Kier molecular flexibility index (Phi) is 2.64. The molecule has 0 bridgehead atoms. The Balaban J connectivity index is 2.00. The van der Waals surface area contributed by atoms with Gasteiger partial charge < -0.3 is 14.9 Å². The number of hydrogen-bond donors (Lipinski definition) is 1. The number of carbonyl (C=O) groups excluding carboxylic acids is 1. The van der Waals surface area contributed by atoms with Crippen LogP contribution < -0.4 is 10.5 Å². The van der Waals surface area contributed by atoms with Crippen LogP contribution in [0.5, 0.6) is 5.75 Å². The van der Waals surface area contributed by atoms with Crippen molar-refractivity contribution < 1.29 is 13.9 Å². The van der Waals surface area contributed by atoms with Crippen molar-refractivity contribution in [3.63, 3.8) is 0 Å². The highest BCUT2D eigenvalue weighted by atomic mass is 16.5. The smallest absolute Gasteiger partial charge is 0.231 e. The lowest BCUT2D eigenvalue weighted by molar-refractivity contribution is 0.100. The Bertz CT molecular complexity index is 601. The maximum Gasteiger partial charge on any atom is 0.231 e. The predicted molar refractivity (Wildman–Crippen MR) is 65.7 cm³/mol. The third kappa shape index (κ3) is 1.71. The highest BCUT2D eigenvalue weighted by Gasteiger charge is 2.23. The first kappa shape index (κ1) is 11.0. The van der Waals surface area contributed by atoms with Gasteiger partial charge in [-0.15, -0.1) is 0 Å². The zero-order chi connectivity index (χ0) is 12.5. The van der Waals surface area contributed by atoms with Crippen molar-refractivity contribution in [1.29, 1.82) is 0 Å². The van der Waals surface area contributed by atoms with E-state index in [0.717, 1.165) is 12.0 Å². The summed E-state index contributed by atoms with van der Waals surface area (Å²) in [5.74, 6) is 1.44. The van der Waals surface area contributed by atoms with Gasteiger partial charge in [-0.05, 0) is 23.8 Å². The average Bonchev–Trinajstić information content (AvgIpc) is 3.05. The van der Waals surface area contributed by atoms with Gasteiger partial charge in [0.2, 0.25) is 5.78 Å². The van der Waals surface area contributed by atoms with Crippen LogP contribution in [-0.4, -0.2) is 12.4 Å². The molecule has 2 N–H and O–H groups in total. The Morgan fingerprint density at radius 2 is 2.17 bits per heavy atom. The summed E-state index contributed by atoms with van der Waals surface area (Å²) in [6.07, 6.45) is 0.850. The van der Waals surface area contributed by atoms with Crippen LogP contribution in [0.2, 0.25) is 0 Å². The molecule has 0 fully saturated rings. The molecule has 0 atom stereocenters. The van der Waals surface area contributed by atoms with Crippen molar-refractivity contribution in [2.75, 3.05) is 6.61 Å². The highest BCUT2D eigenvalue weighted by molar-refractivity contribution is 6.09. The number of carbonyl (C=O) groups is 1. The van der Waals surface area contributed by atoms with E-state index in [-0.39, 0.29) is 12.3 Å². The van der Waals surface area contributed by atoms with Crippen LogP contribution in [0.4, 0.5) is 0 Å². The number of rotatable bonds is 3. The number of ketones is 1. The molecule has 2 aromatic rings. The first-order valence-electron chi connectivity index (χ1n) is 5.88. The zero-order valence-corrected chi connectivity index (χ0v) is 9.81. The summed E-state index contributed by atoms with van der Waals surface area (Å²) in [7, 11) is 0. The summed E-state index contributed by atoms with van der Waals surface area (Å²) in [6.45, 7) is 0.919. The van der Waals surface area contributed by atoms with Gasteiger partial charge in [0.15, 0.2) is 5.76 Å². The van der Waals surface area contributed by atoms with Crippen molar-refractivity contribution in [3.8, 4) is 5.75 Å². The van der Waals surface area contributed by atoms with Crippen LogP contribution in [0.25, 0.3) is 0 Å². The molecule has 0 radical (unpaired) electrons. The molecule has 1 aliphatic heterocycles. The SMILES string of the molecule is NCc1ccc(C(=O)c2cccc3c2OCC3)o1. The molecule has 1 aliphatic rings. The van der Waals surface area contributed by atoms with E-state index in [9.17, 15) is 4.79 Å². The van der Waals surface area contributed by atoms with E-state index in [0.29, 0.717) is 29.4 Å². The van der Waals surface area contributed by atoms with Crippen LogP contribution in [0.15, 0.2) is 34.7 Å². The summed E-state index contributed by atoms with van der Waals surface area (Å²) < 4.78 is 10.9. The fraction of sp³-hybridized carbons (Fsp3) is 0.214. The van der Waals surface area contributed by atoms with Crippen LogP contribution >= 0.6 is 0 Å². The molecule has 0 amide bonds. The van der Waals surface area contributed by atoms with E-state index >= 15 is 0 Å². The number of para-hydroxylation sites is 1. The zero-order valence-electron chi connectivity index (χ0n) is 9.81. The molecule has 4 nitrogen and oxygen atoms in total. The van der Waals surface area contributed by atoms with Gasteiger partial charge in [-0.25, -0.2) is 0 Å². The molecule has 2 heterocycles. The third-order valence-electron chi connectivity index (χ3n) is 3.05. The Morgan fingerprint density at radius 3 is 2.94 bits per heavy atom. The molecular weight excluding hydrogens is 230 g/mol. The van der Waals surface area contributed by atoms with Crippen LogP contribution in [0, 0.1) is 0 Å². The molecule has 0 spiro atoms. The van der Waals surface area contributed by atoms with Gasteiger partial charge in [0, 0.05) is 6.42 Å². The molecule has 1 aromatic carbocycles. The van der Waals surface area contributed by atoms with E-state index in [1.165, 1.54) is 0 Å². The third-order valence-corrected chi connectivity index (χ3v) is 3.05. The normalized spacial score (nSPS) is 13.2. The molecule has 1 aromatic heterocycles. The summed E-state index contributed by atoms with van der Waals surface area (Å²) in [4.78, 5) is 12.3. The Labute approximate surface area is 104 Å². The van der Waals surface area contributed by atoms with Gasteiger partial charge in [-0.3, -0.25) is 4.79 Å². The lowest BCUT2D eigenvalue weighted by Gasteiger charge is -2.05. The largest absolute Gasteiger partial charge is 0.492 e. The van der Waals surface area contributed by atoms with E-state index in [4.69, 9.17) is 14.9 Å². The minimum atomic E-state index is -0.159. The van der Waals surface area contributed by atoms with Crippen molar-refractivity contribution in [2.45, 2.75) is 13.0 Å². The van der Waals surface area contributed by atoms with Crippen LogP contribution in [0.1, 0.15) is 27.4 Å². The van der Waals surface area contributed by atoms with Gasteiger partial charge in [0.05, 0.1) is 18.7 Å². The molecule has 18 heavy (non-hydrogen) atoms. The van der Waals surface area contributed by atoms with E-state index < -0.39 is 0 Å². The first-order valence-corrected chi connectivity index (χ1v) is 5.88. The molecule has 92 valence electrons. The number of benzene rings is 1. The number of furan rings is 1. The summed E-state index contributed by atoms with van der Waals surface area (Å²) in [6, 6.07) is 8.98. The van der Waals surface area contributed by atoms with Crippen molar-refractivity contribution in [1.82, 2.24) is 0 Å². The van der Waals surface area contributed by atoms with Crippen LogP contribution in [-0.2, 0) is 13.0 Å². The molecule has 0 aliphatic carbocycles. The fourth-order valence-electron chi connectivity index (χ4n) is 2.14. The van der Waals surface area contributed by atoms with Crippen molar-refractivity contribution in [2.24, 2.45) is 5.73 Å². The minimum absolute atomic E-state index is 0.159. The van der Waals surface area contributed by atoms with Crippen LogP contribution in [0.3, 0.4) is 0 Å². The molecular formula is C14H13NO3. The standard InChI is InChI=1S/C14H13NO3/c15-8-10-4-5-12(18-10)13(16)11-3-1-2-9-6-7-17-14(9)11/h1-5H,6-8,15H2. The number of fused-ring (bicyclic) bond motifs is 1. The van der Waals surface area contributed by atoms with Gasteiger partial charge in [-0.1, -0.05) is 12.1 Å². The van der Waals surface area contributed by atoms with E-state index in [1.54, 1.807) is 18.2 Å². The second-order valence-electron chi connectivity index (χ2n) is 4.19. The van der Waals surface area contributed by atoms with Gasteiger partial charge >= 0.3 is 0 Å². The number of nitrogens with two attached hydrogens (primary N) is 1. The number of ether oxygens (including phenoxy) is 1. The minimum Gasteiger partial charge on any atom is -0.492 e. The number of hydrogen-bond acceptors (Lipinski definition) is 4. The monoisotopic (exact) mass is 243 g/mol.